The van der Waals surface area contributed by atoms with Crippen molar-refractivity contribution in [2.24, 2.45) is 0 Å². The van der Waals surface area contributed by atoms with Crippen molar-refractivity contribution in [1.29, 1.82) is 0 Å². The zero-order chi connectivity index (χ0) is 19.9. The predicted octanol–water partition coefficient (Wildman–Crippen LogP) is 3.47. The van der Waals surface area contributed by atoms with E-state index in [0.717, 1.165) is 48.6 Å². The van der Waals surface area contributed by atoms with Gasteiger partial charge < -0.3 is 10.2 Å². The number of carbonyl (C=O) groups excluding carboxylic acids is 2. The molecule has 28 heavy (non-hydrogen) atoms. The highest BCUT2D eigenvalue weighted by molar-refractivity contribution is 7.09. The third kappa shape index (κ3) is 5.64. The molecule has 0 aliphatic carbocycles. The summed E-state index contributed by atoms with van der Waals surface area (Å²) in [7, 11) is 0. The molecule has 3 rings (SSSR count). The molecule has 2 aromatic rings. The number of hydrogen-bond donors (Lipinski definition) is 1. The number of aromatic nitrogens is 1. The Balaban J connectivity index is 1.53. The average Bonchev–Trinajstić information content (AvgIpc) is 3.18. The number of nitrogens with zero attached hydrogens (tertiary/aromatic N) is 2. The Bertz CT molecular complexity index is 800. The summed E-state index contributed by atoms with van der Waals surface area (Å²) in [4.78, 5) is 30.8. The summed E-state index contributed by atoms with van der Waals surface area (Å²) in [5, 5.41) is 6.09. The smallest absolute Gasteiger partial charge is 0.227 e. The van der Waals surface area contributed by atoms with Crippen molar-refractivity contribution < 1.29 is 9.59 Å². The second kappa shape index (κ2) is 9.82. The van der Waals surface area contributed by atoms with Crippen LogP contribution in [0.2, 0.25) is 0 Å². The molecule has 1 saturated heterocycles. The topological polar surface area (TPSA) is 62.3 Å². The van der Waals surface area contributed by atoms with Crippen molar-refractivity contribution in [3.8, 4) is 0 Å². The first-order valence-corrected chi connectivity index (χ1v) is 11.0. The van der Waals surface area contributed by atoms with Crippen molar-refractivity contribution in [3.63, 3.8) is 0 Å². The Morgan fingerprint density at radius 2 is 2.07 bits per heavy atom. The maximum atomic E-state index is 12.7. The van der Waals surface area contributed by atoms with Crippen LogP contribution in [0, 0.1) is 6.92 Å². The third-order valence-corrected chi connectivity index (χ3v) is 6.25. The lowest BCUT2D eigenvalue weighted by molar-refractivity contribution is -0.131. The molecule has 1 atom stereocenters. The fraction of sp³-hybridized carbons (Fsp3) is 0.500. The average molecular weight is 400 g/mol. The van der Waals surface area contributed by atoms with E-state index in [1.807, 2.05) is 24.0 Å². The van der Waals surface area contributed by atoms with Crippen LogP contribution in [0.1, 0.15) is 53.9 Å². The van der Waals surface area contributed by atoms with Gasteiger partial charge in [-0.15, -0.1) is 11.3 Å². The highest BCUT2D eigenvalue weighted by atomic mass is 32.1. The van der Waals surface area contributed by atoms with E-state index in [0.29, 0.717) is 25.3 Å². The van der Waals surface area contributed by atoms with Gasteiger partial charge in [0.1, 0.15) is 0 Å². The number of piperidine rings is 1. The second-order valence-electron chi connectivity index (χ2n) is 7.47. The molecule has 0 radical (unpaired) electrons. The highest BCUT2D eigenvalue weighted by Crippen LogP contribution is 2.29. The molecule has 1 unspecified atom stereocenters. The molecule has 2 amide bonds. The molecule has 2 heterocycles. The largest absolute Gasteiger partial charge is 0.356 e. The Morgan fingerprint density at radius 1 is 1.29 bits per heavy atom. The van der Waals surface area contributed by atoms with Crippen molar-refractivity contribution in [3.05, 3.63) is 51.5 Å². The van der Waals surface area contributed by atoms with Gasteiger partial charge in [-0.1, -0.05) is 36.8 Å². The normalized spacial score (nSPS) is 16.8. The number of hydrogen-bond acceptors (Lipinski definition) is 4. The van der Waals surface area contributed by atoms with Crippen LogP contribution in [-0.2, 0) is 22.4 Å². The molecule has 1 aromatic carbocycles. The second-order valence-corrected chi connectivity index (χ2v) is 8.36. The molecule has 1 N–H and O–H groups in total. The van der Waals surface area contributed by atoms with Crippen LogP contribution in [0.5, 0.6) is 0 Å². The molecule has 1 aliphatic rings. The monoisotopic (exact) mass is 399 g/mol. The summed E-state index contributed by atoms with van der Waals surface area (Å²) >= 11 is 1.68. The van der Waals surface area contributed by atoms with Gasteiger partial charge in [0.2, 0.25) is 11.8 Å². The summed E-state index contributed by atoms with van der Waals surface area (Å²) in [5.41, 5.74) is 3.31. The molecule has 0 spiro atoms. The molecule has 6 heteroatoms. The molecule has 1 aromatic heterocycles. The van der Waals surface area contributed by atoms with Crippen LogP contribution < -0.4 is 5.32 Å². The van der Waals surface area contributed by atoms with Gasteiger partial charge in [-0.2, -0.15) is 0 Å². The van der Waals surface area contributed by atoms with E-state index in [9.17, 15) is 9.59 Å². The lowest BCUT2D eigenvalue weighted by atomic mass is 9.98. The summed E-state index contributed by atoms with van der Waals surface area (Å²) in [6.07, 6.45) is 3.83. The lowest BCUT2D eigenvalue weighted by Crippen LogP contribution is -2.39. The molecule has 5 nitrogen and oxygen atoms in total. The zero-order valence-electron chi connectivity index (χ0n) is 16.7. The number of carbonyl (C=O) groups is 2. The zero-order valence-corrected chi connectivity index (χ0v) is 17.6. The molecule has 0 bridgehead atoms. The number of amides is 2. The van der Waals surface area contributed by atoms with E-state index in [-0.39, 0.29) is 11.8 Å². The minimum atomic E-state index is 0.0745. The van der Waals surface area contributed by atoms with Gasteiger partial charge in [-0.3, -0.25) is 9.59 Å². The summed E-state index contributed by atoms with van der Waals surface area (Å²) in [6.45, 7) is 6.13. The Kier molecular flexibility index (Phi) is 7.20. The number of thiazole rings is 1. The molecule has 0 saturated carbocycles. The lowest BCUT2D eigenvalue weighted by Gasteiger charge is -2.32. The van der Waals surface area contributed by atoms with Crippen LogP contribution in [0.25, 0.3) is 0 Å². The number of rotatable bonds is 7. The Hall–Kier alpha value is -2.21. The van der Waals surface area contributed by atoms with E-state index in [2.05, 4.69) is 29.8 Å². The number of likely N-dealkylation sites (tertiary alicyclic amines) is 1. The maximum Gasteiger partial charge on any atom is 0.227 e. The van der Waals surface area contributed by atoms with Gasteiger partial charge in [-0.25, -0.2) is 4.98 Å². The first-order valence-electron chi connectivity index (χ1n) is 10.1. The minimum absolute atomic E-state index is 0.0745. The molecule has 1 fully saturated rings. The number of nitrogens with one attached hydrogen (secondary N) is 1. The van der Waals surface area contributed by atoms with E-state index >= 15 is 0 Å². The van der Waals surface area contributed by atoms with Crippen LogP contribution in [0.15, 0.2) is 29.6 Å². The van der Waals surface area contributed by atoms with Crippen molar-refractivity contribution in [1.82, 2.24) is 15.2 Å². The summed E-state index contributed by atoms with van der Waals surface area (Å²) in [5.74, 6) is 0.595. The van der Waals surface area contributed by atoms with Crippen LogP contribution in [-0.4, -0.2) is 41.3 Å². The van der Waals surface area contributed by atoms with Crippen LogP contribution >= 0.6 is 11.3 Å². The Morgan fingerprint density at radius 3 is 2.82 bits per heavy atom. The van der Waals surface area contributed by atoms with Gasteiger partial charge in [0.25, 0.3) is 0 Å². The maximum absolute atomic E-state index is 12.7. The first kappa shape index (κ1) is 20.5. The summed E-state index contributed by atoms with van der Waals surface area (Å²) < 4.78 is 0. The predicted molar refractivity (Wildman–Crippen MR) is 113 cm³/mol. The number of benzene rings is 1. The molecule has 150 valence electrons. The van der Waals surface area contributed by atoms with E-state index < -0.39 is 0 Å². The first-order chi connectivity index (χ1) is 13.5. The van der Waals surface area contributed by atoms with E-state index in [4.69, 9.17) is 4.98 Å². The van der Waals surface area contributed by atoms with Gasteiger partial charge in [0.05, 0.1) is 17.1 Å². The van der Waals surface area contributed by atoms with Crippen molar-refractivity contribution >= 4 is 23.2 Å². The quantitative estimate of drug-likeness (QED) is 0.775. The fourth-order valence-corrected chi connectivity index (χ4v) is 4.46. The van der Waals surface area contributed by atoms with Crippen molar-refractivity contribution in [2.45, 2.75) is 51.9 Å². The highest BCUT2D eigenvalue weighted by Gasteiger charge is 2.26. The molecular weight excluding hydrogens is 370 g/mol. The Labute approximate surface area is 171 Å². The van der Waals surface area contributed by atoms with Gasteiger partial charge in [0.15, 0.2) is 0 Å². The van der Waals surface area contributed by atoms with Gasteiger partial charge in [-0.05, 0) is 25.3 Å². The van der Waals surface area contributed by atoms with Crippen molar-refractivity contribution in [2.75, 3.05) is 19.6 Å². The third-order valence-electron chi connectivity index (χ3n) is 5.19. The standard InChI is InChI=1S/C22H29N3O2S/c1-3-20(26)23-11-10-19-15-28-22(24-19)18-5-4-12-25(14-18)21(27)13-17-8-6-16(2)7-9-17/h6-9,15,18H,3-5,10-14H2,1-2H3,(H,23,26). The SMILES string of the molecule is CCC(=O)NCCc1csc(C2CCCN(C(=O)Cc3ccc(C)cc3)C2)n1. The van der Waals surface area contributed by atoms with E-state index in [1.54, 1.807) is 11.3 Å². The van der Waals surface area contributed by atoms with Gasteiger partial charge >= 0.3 is 0 Å². The number of aryl methyl sites for hydroxylation is 1. The molecule has 1 aliphatic heterocycles. The fourth-order valence-electron chi connectivity index (χ4n) is 3.48. The van der Waals surface area contributed by atoms with Crippen LogP contribution in [0.3, 0.4) is 0 Å². The van der Waals surface area contributed by atoms with Gasteiger partial charge in [0, 0.05) is 43.8 Å². The van der Waals surface area contributed by atoms with Crippen LogP contribution in [0.4, 0.5) is 0 Å². The van der Waals surface area contributed by atoms with E-state index in [1.165, 1.54) is 5.56 Å². The summed E-state index contributed by atoms with van der Waals surface area (Å²) in [6, 6.07) is 8.20. The molecular formula is C22H29N3O2S. The minimum Gasteiger partial charge on any atom is -0.356 e.